The average molecular weight is 419 g/mol. The Morgan fingerprint density at radius 2 is 1.64 bits per heavy atom. The maximum Gasteiger partial charge on any atom is 0.417 e. The summed E-state index contributed by atoms with van der Waals surface area (Å²) >= 11 is 5.56. The number of methoxy groups -OCH3 is 3. The van der Waals surface area contributed by atoms with Crippen LogP contribution in [0.25, 0.3) is 0 Å². The van der Waals surface area contributed by atoms with E-state index < -0.39 is 22.8 Å². The molecule has 2 aromatic rings. The predicted octanol–water partition coefficient (Wildman–Crippen LogP) is 4.71. The standard InChI is InChI=1S/C18H18ClF3N2O4/c1-26-14-6-10(7-15(27-2)16(14)28-3)9-23-17(25)24-11-4-5-13(19)12(8-11)18(20,21)22/h4-8H,9H2,1-3H3,(H2,23,24,25). The monoisotopic (exact) mass is 418 g/mol. The number of alkyl halides is 3. The van der Waals surface area contributed by atoms with Crippen molar-refractivity contribution in [3.05, 3.63) is 46.5 Å². The lowest BCUT2D eigenvalue weighted by molar-refractivity contribution is -0.137. The molecule has 10 heteroatoms. The van der Waals surface area contributed by atoms with Crippen molar-refractivity contribution in [2.45, 2.75) is 12.7 Å². The molecule has 6 nitrogen and oxygen atoms in total. The molecule has 0 aliphatic rings. The van der Waals surface area contributed by atoms with Gasteiger partial charge in [-0.1, -0.05) is 11.6 Å². The van der Waals surface area contributed by atoms with E-state index in [1.54, 1.807) is 12.1 Å². The van der Waals surface area contributed by atoms with Crippen LogP contribution in [0.3, 0.4) is 0 Å². The number of anilines is 1. The summed E-state index contributed by atoms with van der Waals surface area (Å²) in [6, 6.07) is 5.71. The minimum absolute atomic E-state index is 0.0425. The molecule has 0 unspecified atom stereocenters. The molecule has 0 bridgehead atoms. The first-order valence-electron chi connectivity index (χ1n) is 7.90. The van der Waals surface area contributed by atoms with Crippen LogP contribution in [0, 0.1) is 0 Å². The van der Waals surface area contributed by atoms with Gasteiger partial charge in [-0.15, -0.1) is 0 Å². The number of benzene rings is 2. The fourth-order valence-electron chi connectivity index (χ4n) is 2.42. The third-order valence-corrected chi connectivity index (χ3v) is 4.04. The SMILES string of the molecule is COc1cc(CNC(=O)Nc2ccc(Cl)c(C(F)(F)F)c2)cc(OC)c1OC. The van der Waals surface area contributed by atoms with Gasteiger partial charge in [-0.3, -0.25) is 0 Å². The number of nitrogens with one attached hydrogen (secondary N) is 2. The summed E-state index contributed by atoms with van der Waals surface area (Å²) < 4.78 is 54.3. The van der Waals surface area contributed by atoms with Crippen molar-refractivity contribution in [3.63, 3.8) is 0 Å². The quantitative estimate of drug-likeness (QED) is 0.713. The first-order chi connectivity index (χ1) is 13.2. The van der Waals surface area contributed by atoms with Crippen molar-refractivity contribution in [3.8, 4) is 17.2 Å². The van der Waals surface area contributed by atoms with Crippen molar-refractivity contribution in [1.82, 2.24) is 5.32 Å². The number of carbonyl (C=O) groups excluding carboxylic acids is 1. The number of halogens is 4. The van der Waals surface area contributed by atoms with E-state index in [4.69, 9.17) is 25.8 Å². The highest BCUT2D eigenvalue weighted by Gasteiger charge is 2.33. The zero-order valence-electron chi connectivity index (χ0n) is 15.2. The van der Waals surface area contributed by atoms with E-state index in [0.717, 1.165) is 12.1 Å². The van der Waals surface area contributed by atoms with Crippen molar-refractivity contribution in [2.24, 2.45) is 0 Å². The number of carbonyl (C=O) groups is 1. The Hall–Kier alpha value is -2.81. The summed E-state index contributed by atoms with van der Waals surface area (Å²) in [4.78, 5) is 12.0. The van der Waals surface area contributed by atoms with Crippen molar-refractivity contribution in [1.29, 1.82) is 0 Å². The second kappa shape index (κ2) is 8.92. The lowest BCUT2D eigenvalue weighted by atomic mass is 10.1. The van der Waals surface area contributed by atoms with Crippen LogP contribution in [0.5, 0.6) is 17.2 Å². The van der Waals surface area contributed by atoms with E-state index >= 15 is 0 Å². The average Bonchev–Trinajstić information content (AvgIpc) is 2.65. The number of hydrogen-bond donors (Lipinski definition) is 2. The van der Waals surface area contributed by atoms with Crippen LogP contribution in [0.1, 0.15) is 11.1 Å². The highest BCUT2D eigenvalue weighted by molar-refractivity contribution is 6.31. The number of hydrogen-bond acceptors (Lipinski definition) is 4. The Balaban J connectivity index is 2.09. The lowest BCUT2D eigenvalue weighted by Crippen LogP contribution is -2.28. The lowest BCUT2D eigenvalue weighted by Gasteiger charge is -2.15. The molecular weight excluding hydrogens is 401 g/mol. The van der Waals surface area contributed by atoms with E-state index in [2.05, 4.69) is 10.6 Å². The summed E-state index contributed by atoms with van der Waals surface area (Å²) in [5.74, 6) is 1.22. The van der Waals surface area contributed by atoms with Crippen LogP contribution in [-0.2, 0) is 12.7 Å². The van der Waals surface area contributed by atoms with E-state index in [1.807, 2.05) is 0 Å². The van der Waals surface area contributed by atoms with Crippen LogP contribution in [-0.4, -0.2) is 27.4 Å². The van der Waals surface area contributed by atoms with Gasteiger partial charge in [0.25, 0.3) is 0 Å². The van der Waals surface area contributed by atoms with Crippen LogP contribution in [0.4, 0.5) is 23.7 Å². The van der Waals surface area contributed by atoms with Gasteiger partial charge in [0.15, 0.2) is 11.5 Å². The van der Waals surface area contributed by atoms with Crippen LogP contribution in [0.15, 0.2) is 30.3 Å². The summed E-state index contributed by atoms with van der Waals surface area (Å²) in [6.07, 6.45) is -4.62. The van der Waals surface area contributed by atoms with E-state index in [1.165, 1.54) is 27.4 Å². The van der Waals surface area contributed by atoms with Gasteiger partial charge in [-0.25, -0.2) is 4.79 Å². The van der Waals surface area contributed by atoms with Gasteiger partial charge in [-0.2, -0.15) is 13.2 Å². The van der Waals surface area contributed by atoms with Crippen molar-refractivity contribution in [2.75, 3.05) is 26.6 Å². The molecule has 0 heterocycles. The minimum Gasteiger partial charge on any atom is -0.493 e. The predicted molar refractivity (Wildman–Crippen MR) is 98.4 cm³/mol. The van der Waals surface area contributed by atoms with E-state index in [9.17, 15) is 18.0 Å². The second-order valence-corrected chi connectivity index (χ2v) is 5.94. The third kappa shape index (κ3) is 5.13. The molecule has 0 radical (unpaired) electrons. The van der Waals surface area contributed by atoms with Crippen LogP contribution < -0.4 is 24.8 Å². The number of urea groups is 1. The topological polar surface area (TPSA) is 68.8 Å². The molecule has 152 valence electrons. The molecule has 0 saturated heterocycles. The molecule has 2 N–H and O–H groups in total. The zero-order chi connectivity index (χ0) is 20.9. The first kappa shape index (κ1) is 21.5. The maximum atomic E-state index is 12.9. The van der Waals surface area contributed by atoms with Gasteiger partial charge in [-0.05, 0) is 35.9 Å². The fraction of sp³-hybridized carbons (Fsp3) is 0.278. The molecule has 28 heavy (non-hydrogen) atoms. The molecule has 0 saturated carbocycles. The fourth-order valence-corrected chi connectivity index (χ4v) is 2.64. The summed E-state index contributed by atoms with van der Waals surface area (Å²) in [5, 5.41) is 4.43. The first-order valence-corrected chi connectivity index (χ1v) is 8.27. The molecule has 2 rings (SSSR count). The molecule has 0 fully saturated rings. The number of ether oxygens (including phenoxy) is 3. The Morgan fingerprint density at radius 1 is 1.04 bits per heavy atom. The van der Waals surface area contributed by atoms with E-state index in [-0.39, 0.29) is 12.2 Å². The molecule has 0 atom stereocenters. The van der Waals surface area contributed by atoms with Gasteiger partial charge in [0, 0.05) is 12.2 Å². The van der Waals surface area contributed by atoms with Gasteiger partial charge in [0.2, 0.25) is 5.75 Å². The number of rotatable bonds is 6. The molecular formula is C18H18ClF3N2O4. The Kier molecular flexibility index (Phi) is 6.85. The molecule has 0 spiro atoms. The van der Waals surface area contributed by atoms with Crippen molar-refractivity contribution >= 4 is 23.3 Å². The van der Waals surface area contributed by atoms with Crippen LogP contribution in [0.2, 0.25) is 5.02 Å². The molecule has 2 amide bonds. The molecule has 0 aliphatic carbocycles. The highest BCUT2D eigenvalue weighted by atomic mass is 35.5. The Morgan fingerprint density at radius 3 is 2.14 bits per heavy atom. The van der Waals surface area contributed by atoms with Gasteiger partial charge in [0.1, 0.15) is 0 Å². The maximum absolute atomic E-state index is 12.9. The number of amides is 2. The third-order valence-electron chi connectivity index (χ3n) is 3.71. The molecule has 2 aromatic carbocycles. The van der Waals surface area contributed by atoms with Crippen molar-refractivity contribution < 1.29 is 32.2 Å². The van der Waals surface area contributed by atoms with Gasteiger partial charge < -0.3 is 24.8 Å². The summed E-state index contributed by atoms with van der Waals surface area (Å²) in [7, 11) is 4.38. The largest absolute Gasteiger partial charge is 0.493 e. The van der Waals surface area contributed by atoms with Gasteiger partial charge in [0.05, 0.1) is 31.9 Å². The molecule has 0 aromatic heterocycles. The summed E-state index contributed by atoms with van der Waals surface area (Å²) in [5.41, 5.74) is -0.438. The minimum atomic E-state index is -4.62. The summed E-state index contributed by atoms with van der Waals surface area (Å²) in [6.45, 7) is 0.0717. The van der Waals surface area contributed by atoms with Gasteiger partial charge >= 0.3 is 12.2 Å². The van der Waals surface area contributed by atoms with Crippen LogP contribution >= 0.6 is 11.6 Å². The normalized spacial score (nSPS) is 11.0. The second-order valence-electron chi connectivity index (χ2n) is 5.53. The Bertz CT molecular complexity index is 834. The smallest absolute Gasteiger partial charge is 0.417 e. The highest BCUT2D eigenvalue weighted by Crippen LogP contribution is 2.38. The zero-order valence-corrected chi connectivity index (χ0v) is 16.0. The molecule has 0 aliphatic heterocycles. The Labute approximate surface area is 164 Å². The van der Waals surface area contributed by atoms with E-state index in [0.29, 0.717) is 22.8 Å².